The largest absolute Gasteiger partial charge is 0.508 e. The van der Waals surface area contributed by atoms with Gasteiger partial charge in [0.25, 0.3) is 0 Å². The average Bonchev–Trinajstić information content (AvgIpc) is 2.17. The molecule has 93 valence electrons. The van der Waals surface area contributed by atoms with Gasteiger partial charge in [0.1, 0.15) is 12.7 Å². The van der Waals surface area contributed by atoms with Gasteiger partial charge in [-0.25, -0.2) is 4.79 Å². The van der Waals surface area contributed by atoms with Crippen molar-refractivity contribution in [3.05, 3.63) is 6.61 Å². The Balaban J connectivity index is 2.47. The van der Waals surface area contributed by atoms with Crippen molar-refractivity contribution >= 4 is 6.16 Å². The van der Waals surface area contributed by atoms with E-state index < -0.39 is 6.16 Å². The zero-order chi connectivity index (χ0) is 12.2. The number of hydrogen-bond acceptors (Lipinski definition) is 3. The lowest BCUT2D eigenvalue weighted by atomic mass is 9.67. The van der Waals surface area contributed by atoms with Gasteiger partial charge in [-0.2, -0.15) is 0 Å². The first-order valence-electron chi connectivity index (χ1n) is 6.13. The van der Waals surface area contributed by atoms with Crippen LogP contribution >= 0.6 is 0 Å². The predicted molar refractivity (Wildman–Crippen MR) is 62.7 cm³/mol. The summed E-state index contributed by atoms with van der Waals surface area (Å²) in [5.41, 5.74) is 0.291. The fourth-order valence-electron chi connectivity index (χ4n) is 2.34. The molecular formula is C13H23O3. The summed E-state index contributed by atoms with van der Waals surface area (Å²) in [6.07, 6.45) is 3.71. The van der Waals surface area contributed by atoms with Gasteiger partial charge in [-0.05, 0) is 43.9 Å². The van der Waals surface area contributed by atoms with Gasteiger partial charge in [0.2, 0.25) is 0 Å². The monoisotopic (exact) mass is 227 g/mol. The normalized spacial score (nSPS) is 30.2. The Bertz CT molecular complexity index is 237. The average molecular weight is 227 g/mol. The van der Waals surface area contributed by atoms with Gasteiger partial charge >= 0.3 is 6.16 Å². The minimum Gasteiger partial charge on any atom is -0.431 e. The maximum Gasteiger partial charge on any atom is 0.508 e. The summed E-state index contributed by atoms with van der Waals surface area (Å²) in [4.78, 5) is 11.2. The van der Waals surface area contributed by atoms with Crippen LogP contribution in [0.2, 0.25) is 0 Å². The molecule has 1 saturated carbocycles. The van der Waals surface area contributed by atoms with Crippen LogP contribution in [0, 0.1) is 17.9 Å². The van der Waals surface area contributed by atoms with Crippen LogP contribution in [0.15, 0.2) is 0 Å². The molecule has 3 heteroatoms. The van der Waals surface area contributed by atoms with E-state index >= 15 is 0 Å². The SMILES string of the molecule is C[CH]OC(=O)OC1CCC[C@@](C)(C(C)C)C1. The molecule has 0 aromatic heterocycles. The third-order valence-corrected chi connectivity index (χ3v) is 3.84. The third kappa shape index (κ3) is 3.39. The highest BCUT2D eigenvalue weighted by Gasteiger charge is 2.36. The van der Waals surface area contributed by atoms with Crippen molar-refractivity contribution in [1.82, 2.24) is 0 Å². The summed E-state index contributed by atoms with van der Waals surface area (Å²) in [6.45, 7) is 9.78. The predicted octanol–water partition coefficient (Wildman–Crippen LogP) is 3.93. The van der Waals surface area contributed by atoms with E-state index in [0.717, 1.165) is 19.3 Å². The standard InChI is InChI=1S/C13H23O3/c1-5-15-12(14)16-11-7-6-8-13(4,9-11)10(2)3/h5,10-11H,6-9H2,1-4H3/t11?,13-/m1/s1. The highest BCUT2D eigenvalue weighted by molar-refractivity contribution is 5.60. The lowest BCUT2D eigenvalue weighted by Crippen LogP contribution is -2.35. The van der Waals surface area contributed by atoms with E-state index in [1.165, 1.54) is 13.0 Å². The van der Waals surface area contributed by atoms with E-state index in [0.29, 0.717) is 11.3 Å². The van der Waals surface area contributed by atoms with Crippen molar-refractivity contribution in [2.75, 3.05) is 0 Å². The smallest absolute Gasteiger partial charge is 0.431 e. The van der Waals surface area contributed by atoms with Gasteiger partial charge in [0.15, 0.2) is 0 Å². The topological polar surface area (TPSA) is 35.5 Å². The first-order valence-corrected chi connectivity index (χ1v) is 6.13. The van der Waals surface area contributed by atoms with Gasteiger partial charge in [-0.15, -0.1) is 0 Å². The van der Waals surface area contributed by atoms with E-state index in [1.54, 1.807) is 6.92 Å². The summed E-state index contributed by atoms with van der Waals surface area (Å²) in [5, 5.41) is 0. The lowest BCUT2D eigenvalue weighted by Gasteiger charge is -2.40. The number of ether oxygens (including phenoxy) is 2. The van der Waals surface area contributed by atoms with Crippen molar-refractivity contribution < 1.29 is 14.3 Å². The summed E-state index contributed by atoms with van der Waals surface area (Å²) >= 11 is 0. The second-order valence-electron chi connectivity index (χ2n) is 5.25. The van der Waals surface area contributed by atoms with Crippen molar-refractivity contribution in [3.63, 3.8) is 0 Å². The van der Waals surface area contributed by atoms with E-state index in [4.69, 9.17) is 4.74 Å². The Morgan fingerprint density at radius 2 is 2.19 bits per heavy atom. The molecule has 0 aliphatic heterocycles. The zero-order valence-corrected chi connectivity index (χ0v) is 10.8. The van der Waals surface area contributed by atoms with Gasteiger partial charge < -0.3 is 9.47 Å². The molecule has 0 spiro atoms. The summed E-state index contributed by atoms with van der Waals surface area (Å²) < 4.78 is 9.97. The molecule has 0 bridgehead atoms. The Labute approximate surface area is 98.5 Å². The molecule has 0 saturated heterocycles. The quantitative estimate of drug-likeness (QED) is 0.685. The van der Waals surface area contributed by atoms with Gasteiger partial charge in [0.05, 0.1) is 0 Å². The van der Waals surface area contributed by atoms with Gasteiger partial charge in [-0.1, -0.05) is 20.8 Å². The van der Waals surface area contributed by atoms with E-state index in [1.807, 2.05) is 0 Å². The van der Waals surface area contributed by atoms with Crippen LogP contribution in [0.5, 0.6) is 0 Å². The van der Waals surface area contributed by atoms with Crippen molar-refractivity contribution in [3.8, 4) is 0 Å². The number of carbonyl (C=O) groups excluding carboxylic acids is 1. The molecule has 1 aliphatic rings. The zero-order valence-electron chi connectivity index (χ0n) is 10.8. The van der Waals surface area contributed by atoms with Crippen molar-refractivity contribution in [2.24, 2.45) is 11.3 Å². The molecule has 16 heavy (non-hydrogen) atoms. The summed E-state index contributed by atoms with van der Waals surface area (Å²) in [6, 6.07) is 0. The molecule has 1 radical (unpaired) electrons. The van der Waals surface area contributed by atoms with E-state index in [9.17, 15) is 4.79 Å². The van der Waals surface area contributed by atoms with Crippen LogP contribution in [0.3, 0.4) is 0 Å². The maximum atomic E-state index is 11.2. The van der Waals surface area contributed by atoms with Crippen molar-refractivity contribution in [1.29, 1.82) is 0 Å². The molecule has 1 fully saturated rings. The molecule has 0 heterocycles. The molecule has 1 rings (SSSR count). The molecule has 1 unspecified atom stereocenters. The second kappa shape index (κ2) is 5.55. The Kier molecular flexibility index (Phi) is 4.63. The van der Waals surface area contributed by atoms with Crippen LogP contribution in [0.4, 0.5) is 4.79 Å². The molecule has 0 aromatic rings. The first-order chi connectivity index (χ1) is 7.48. The van der Waals surface area contributed by atoms with Crippen LogP contribution in [-0.2, 0) is 9.47 Å². The molecule has 0 N–H and O–H groups in total. The highest BCUT2D eigenvalue weighted by atomic mass is 16.7. The molecule has 2 atom stereocenters. The third-order valence-electron chi connectivity index (χ3n) is 3.84. The number of rotatable bonds is 3. The molecular weight excluding hydrogens is 204 g/mol. The van der Waals surface area contributed by atoms with Gasteiger partial charge in [-0.3, -0.25) is 0 Å². The van der Waals surface area contributed by atoms with Crippen LogP contribution < -0.4 is 0 Å². The fourth-order valence-corrected chi connectivity index (χ4v) is 2.34. The highest BCUT2D eigenvalue weighted by Crippen LogP contribution is 2.42. The Hall–Kier alpha value is -0.730. The lowest BCUT2D eigenvalue weighted by molar-refractivity contribution is -0.0147. The number of hydrogen-bond donors (Lipinski definition) is 0. The van der Waals surface area contributed by atoms with E-state index in [2.05, 4.69) is 25.5 Å². The molecule has 0 amide bonds. The van der Waals surface area contributed by atoms with Crippen LogP contribution in [-0.4, -0.2) is 12.3 Å². The van der Waals surface area contributed by atoms with Crippen LogP contribution in [0.25, 0.3) is 0 Å². The molecule has 3 nitrogen and oxygen atoms in total. The minimum atomic E-state index is -0.569. The summed E-state index contributed by atoms with van der Waals surface area (Å²) in [7, 11) is 0. The van der Waals surface area contributed by atoms with Crippen LogP contribution in [0.1, 0.15) is 53.4 Å². The van der Waals surface area contributed by atoms with Gasteiger partial charge in [0, 0.05) is 0 Å². The summed E-state index contributed by atoms with van der Waals surface area (Å²) in [5.74, 6) is 0.618. The second-order valence-corrected chi connectivity index (χ2v) is 5.25. The first kappa shape index (κ1) is 13.3. The molecule has 1 aliphatic carbocycles. The minimum absolute atomic E-state index is 0.0219. The number of carbonyl (C=O) groups is 1. The Morgan fingerprint density at radius 1 is 1.50 bits per heavy atom. The maximum absolute atomic E-state index is 11.2. The fraction of sp³-hybridized carbons (Fsp3) is 0.846. The molecule has 0 aromatic carbocycles. The Morgan fingerprint density at radius 3 is 2.75 bits per heavy atom. The van der Waals surface area contributed by atoms with Crippen molar-refractivity contribution in [2.45, 2.75) is 59.5 Å². The van der Waals surface area contributed by atoms with E-state index in [-0.39, 0.29) is 6.10 Å².